The van der Waals surface area contributed by atoms with E-state index >= 15 is 0 Å². The van der Waals surface area contributed by atoms with Crippen molar-refractivity contribution < 1.29 is 9.53 Å². The number of aromatic nitrogens is 2. The van der Waals surface area contributed by atoms with E-state index in [-0.39, 0.29) is 11.7 Å². The molecular formula is C26H25N3O2S. The van der Waals surface area contributed by atoms with Gasteiger partial charge in [-0.2, -0.15) is 0 Å². The fourth-order valence-electron chi connectivity index (χ4n) is 3.55. The molecule has 1 heterocycles. The Morgan fingerprint density at radius 1 is 0.969 bits per heavy atom. The van der Waals surface area contributed by atoms with E-state index in [2.05, 4.69) is 11.4 Å². The topological polar surface area (TPSA) is 64.1 Å². The number of fused-ring (bicyclic) bond motifs is 1. The number of para-hydroxylation sites is 3. The molecule has 0 aliphatic carbocycles. The van der Waals surface area contributed by atoms with E-state index in [1.54, 1.807) is 7.11 Å². The molecule has 0 bridgehead atoms. The highest BCUT2D eigenvalue weighted by molar-refractivity contribution is 8.00. The van der Waals surface area contributed by atoms with Gasteiger partial charge in [0.2, 0.25) is 5.91 Å². The summed E-state index contributed by atoms with van der Waals surface area (Å²) >= 11 is 1.40. The van der Waals surface area contributed by atoms with Crippen molar-refractivity contribution in [3.63, 3.8) is 0 Å². The monoisotopic (exact) mass is 443 g/mol. The number of aryl methyl sites for hydroxylation is 2. The summed E-state index contributed by atoms with van der Waals surface area (Å²) in [5.74, 6) is 0.991. The van der Waals surface area contributed by atoms with Crippen molar-refractivity contribution in [2.24, 2.45) is 0 Å². The lowest BCUT2D eigenvalue weighted by Gasteiger charge is -2.12. The van der Waals surface area contributed by atoms with E-state index in [1.807, 2.05) is 74.5 Å². The van der Waals surface area contributed by atoms with E-state index in [4.69, 9.17) is 14.7 Å². The number of carbonyl (C=O) groups excluding carboxylic acids is 1. The van der Waals surface area contributed by atoms with Crippen molar-refractivity contribution in [3.05, 3.63) is 89.1 Å². The van der Waals surface area contributed by atoms with Crippen molar-refractivity contribution >= 4 is 34.4 Å². The average molecular weight is 444 g/mol. The minimum Gasteiger partial charge on any atom is -0.496 e. The Bertz CT molecular complexity index is 1270. The molecule has 0 aliphatic rings. The normalized spacial score (nSPS) is 10.8. The van der Waals surface area contributed by atoms with Crippen molar-refractivity contribution in [1.82, 2.24) is 9.97 Å². The Kier molecular flexibility index (Phi) is 6.71. The molecule has 3 aromatic carbocycles. The number of rotatable bonds is 7. The third kappa shape index (κ3) is 5.08. The first-order valence-corrected chi connectivity index (χ1v) is 11.4. The number of benzene rings is 3. The Labute approximate surface area is 192 Å². The fourth-order valence-corrected chi connectivity index (χ4v) is 4.34. The molecule has 6 heteroatoms. The van der Waals surface area contributed by atoms with Gasteiger partial charge in [-0.1, -0.05) is 59.8 Å². The second kappa shape index (κ2) is 9.83. The van der Waals surface area contributed by atoms with Gasteiger partial charge in [-0.15, -0.1) is 0 Å². The summed E-state index contributed by atoms with van der Waals surface area (Å²) in [6, 6.07) is 21.7. The molecule has 162 valence electrons. The minimum absolute atomic E-state index is 0.0693. The second-order valence-electron chi connectivity index (χ2n) is 7.61. The van der Waals surface area contributed by atoms with Gasteiger partial charge in [0.15, 0.2) is 0 Å². The van der Waals surface area contributed by atoms with Crippen LogP contribution in [0.1, 0.15) is 22.4 Å². The van der Waals surface area contributed by atoms with E-state index in [0.29, 0.717) is 6.42 Å². The van der Waals surface area contributed by atoms with Crippen LogP contribution >= 0.6 is 11.8 Å². The van der Waals surface area contributed by atoms with Crippen LogP contribution in [0, 0.1) is 13.8 Å². The molecule has 5 nitrogen and oxygen atoms in total. The Morgan fingerprint density at radius 3 is 2.44 bits per heavy atom. The van der Waals surface area contributed by atoms with Gasteiger partial charge in [-0.05, 0) is 43.7 Å². The molecule has 0 spiro atoms. The van der Waals surface area contributed by atoms with Gasteiger partial charge in [0.25, 0.3) is 0 Å². The largest absolute Gasteiger partial charge is 0.496 e. The van der Waals surface area contributed by atoms with Crippen LogP contribution in [0.4, 0.5) is 5.69 Å². The number of anilines is 1. The fraction of sp³-hybridized carbons (Fsp3) is 0.192. The minimum atomic E-state index is -0.0693. The maximum atomic E-state index is 12.7. The quantitative estimate of drug-likeness (QED) is 0.378. The van der Waals surface area contributed by atoms with Gasteiger partial charge in [-0.3, -0.25) is 4.79 Å². The molecule has 4 aromatic rings. The van der Waals surface area contributed by atoms with Crippen LogP contribution in [0.2, 0.25) is 0 Å². The zero-order valence-corrected chi connectivity index (χ0v) is 19.2. The summed E-state index contributed by atoms with van der Waals surface area (Å²) in [5.41, 5.74) is 6.56. The molecule has 32 heavy (non-hydrogen) atoms. The standard InChI is InChI=1S/C26H25N3O2S/c1-17-12-13-20(18(2)14-17)28-25(30)16-32-26-23(15-19-8-4-7-11-24(19)31-3)27-21-9-5-6-10-22(21)29-26/h4-14H,15-16H2,1-3H3,(H,28,30). The van der Waals surface area contributed by atoms with Crippen LogP contribution in [0.3, 0.4) is 0 Å². The molecule has 1 aromatic heterocycles. The van der Waals surface area contributed by atoms with Crippen LogP contribution in [0.25, 0.3) is 11.0 Å². The molecule has 0 fully saturated rings. The van der Waals surface area contributed by atoms with Crippen molar-refractivity contribution in [2.75, 3.05) is 18.2 Å². The predicted octanol–water partition coefficient (Wildman–Crippen LogP) is 5.58. The molecule has 0 atom stereocenters. The number of amides is 1. The van der Waals surface area contributed by atoms with E-state index in [1.165, 1.54) is 17.3 Å². The zero-order valence-electron chi connectivity index (χ0n) is 18.4. The number of hydrogen-bond donors (Lipinski definition) is 1. The number of methoxy groups -OCH3 is 1. The Balaban J connectivity index is 1.57. The molecule has 0 radical (unpaired) electrons. The SMILES string of the molecule is COc1ccccc1Cc1nc2ccccc2nc1SCC(=O)Nc1ccc(C)cc1C. The number of carbonyl (C=O) groups is 1. The highest BCUT2D eigenvalue weighted by atomic mass is 32.2. The molecule has 0 unspecified atom stereocenters. The van der Waals surface area contributed by atoms with Crippen molar-refractivity contribution in [2.45, 2.75) is 25.3 Å². The molecule has 0 aliphatic heterocycles. The van der Waals surface area contributed by atoms with Gasteiger partial charge in [-0.25, -0.2) is 9.97 Å². The van der Waals surface area contributed by atoms with Gasteiger partial charge in [0, 0.05) is 17.7 Å². The van der Waals surface area contributed by atoms with E-state index in [9.17, 15) is 4.79 Å². The van der Waals surface area contributed by atoms with Crippen molar-refractivity contribution in [1.29, 1.82) is 0 Å². The highest BCUT2D eigenvalue weighted by Gasteiger charge is 2.15. The number of nitrogens with zero attached hydrogens (tertiary/aromatic N) is 2. The van der Waals surface area contributed by atoms with Crippen LogP contribution in [-0.2, 0) is 11.2 Å². The van der Waals surface area contributed by atoms with Crippen LogP contribution in [0.15, 0.2) is 71.8 Å². The first-order chi connectivity index (χ1) is 15.5. The first kappa shape index (κ1) is 21.8. The highest BCUT2D eigenvalue weighted by Crippen LogP contribution is 2.28. The summed E-state index contributed by atoms with van der Waals surface area (Å²) in [7, 11) is 1.66. The van der Waals surface area contributed by atoms with Crippen LogP contribution in [0.5, 0.6) is 5.75 Å². The third-order valence-electron chi connectivity index (χ3n) is 5.15. The van der Waals surface area contributed by atoms with E-state index in [0.717, 1.165) is 44.3 Å². The Morgan fingerprint density at radius 2 is 1.69 bits per heavy atom. The number of hydrogen-bond acceptors (Lipinski definition) is 5. The molecule has 4 rings (SSSR count). The average Bonchev–Trinajstić information content (AvgIpc) is 2.80. The van der Waals surface area contributed by atoms with Gasteiger partial charge >= 0.3 is 0 Å². The van der Waals surface area contributed by atoms with Gasteiger partial charge in [0.05, 0.1) is 29.6 Å². The number of thioether (sulfide) groups is 1. The summed E-state index contributed by atoms with van der Waals surface area (Å²) in [5, 5.41) is 3.76. The Hall–Kier alpha value is -3.38. The van der Waals surface area contributed by atoms with Crippen LogP contribution < -0.4 is 10.1 Å². The number of nitrogens with one attached hydrogen (secondary N) is 1. The van der Waals surface area contributed by atoms with Crippen molar-refractivity contribution in [3.8, 4) is 5.75 Å². The molecule has 0 saturated carbocycles. The van der Waals surface area contributed by atoms with E-state index < -0.39 is 0 Å². The molecule has 0 saturated heterocycles. The summed E-state index contributed by atoms with van der Waals surface area (Å²) in [4.78, 5) is 22.3. The summed E-state index contributed by atoms with van der Waals surface area (Å²) in [6.45, 7) is 4.03. The maximum absolute atomic E-state index is 12.7. The zero-order chi connectivity index (χ0) is 22.5. The lowest BCUT2D eigenvalue weighted by atomic mass is 10.1. The summed E-state index contributed by atoms with van der Waals surface area (Å²) < 4.78 is 5.51. The second-order valence-corrected chi connectivity index (χ2v) is 8.57. The van der Waals surface area contributed by atoms with Crippen LogP contribution in [-0.4, -0.2) is 28.7 Å². The lowest BCUT2D eigenvalue weighted by molar-refractivity contribution is -0.113. The lowest BCUT2D eigenvalue weighted by Crippen LogP contribution is -2.15. The van der Waals surface area contributed by atoms with Gasteiger partial charge < -0.3 is 10.1 Å². The first-order valence-electron chi connectivity index (χ1n) is 10.4. The molecular weight excluding hydrogens is 418 g/mol. The maximum Gasteiger partial charge on any atom is 0.234 e. The summed E-state index contributed by atoms with van der Waals surface area (Å²) in [6.07, 6.45) is 0.572. The molecule has 1 N–H and O–H groups in total. The van der Waals surface area contributed by atoms with Gasteiger partial charge in [0.1, 0.15) is 10.8 Å². The number of ether oxygens (including phenoxy) is 1. The smallest absolute Gasteiger partial charge is 0.234 e. The third-order valence-corrected chi connectivity index (χ3v) is 6.16. The predicted molar refractivity (Wildman–Crippen MR) is 131 cm³/mol. The molecule has 1 amide bonds.